The standard InChI is InChI=1S/C11H13O3P/c1-11(2,3)10(12)8-6-4-5-7-9(8)14-15-13/h4-7H,1-3H3. The normalized spacial score (nSPS) is 11.4. The van der Waals surface area contributed by atoms with Crippen molar-refractivity contribution in [3.63, 3.8) is 0 Å². The summed E-state index contributed by atoms with van der Waals surface area (Å²) < 4.78 is 15.2. The smallest absolute Gasteiger partial charge is 0.395 e. The van der Waals surface area contributed by atoms with E-state index in [1.54, 1.807) is 24.3 Å². The molecule has 0 saturated heterocycles. The molecule has 0 fully saturated rings. The molecule has 4 heteroatoms. The molecule has 1 rings (SSSR count). The minimum absolute atomic E-state index is 0.0262. The molecule has 0 amide bonds. The summed E-state index contributed by atoms with van der Waals surface area (Å²) in [5.41, 5.74) is -0.00691. The zero-order chi connectivity index (χ0) is 11.5. The zero-order valence-electron chi connectivity index (χ0n) is 8.98. The molecule has 0 saturated carbocycles. The molecule has 0 heterocycles. The first-order valence-corrected chi connectivity index (χ1v) is 5.33. The van der Waals surface area contributed by atoms with Crippen molar-refractivity contribution in [3.05, 3.63) is 29.8 Å². The summed E-state index contributed by atoms with van der Waals surface area (Å²) in [6.07, 6.45) is 0. The molecule has 0 aliphatic heterocycles. The van der Waals surface area contributed by atoms with Crippen molar-refractivity contribution < 1.29 is 13.9 Å². The molecule has 80 valence electrons. The van der Waals surface area contributed by atoms with Crippen molar-refractivity contribution in [2.45, 2.75) is 20.8 Å². The molecule has 0 aromatic heterocycles. The van der Waals surface area contributed by atoms with E-state index in [4.69, 9.17) is 4.52 Å². The number of rotatable bonds is 3. The minimum atomic E-state index is -0.473. The van der Waals surface area contributed by atoms with Crippen LogP contribution in [0.1, 0.15) is 31.1 Å². The maximum Gasteiger partial charge on any atom is 0.395 e. The van der Waals surface area contributed by atoms with Gasteiger partial charge in [0.25, 0.3) is 0 Å². The number of carbonyl (C=O) groups excluding carboxylic acids is 1. The number of Topliss-reactive ketones (excluding diaryl/α,β-unsaturated/α-hetero) is 1. The van der Waals surface area contributed by atoms with E-state index in [1.165, 1.54) is 0 Å². The van der Waals surface area contributed by atoms with E-state index < -0.39 is 14.1 Å². The van der Waals surface area contributed by atoms with Crippen LogP contribution in [0, 0.1) is 5.41 Å². The van der Waals surface area contributed by atoms with Crippen molar-refractivity contribution in [3.8, 4) is 5.75 Å². The Bertz CT molecular complexity index is 380. The van der Waals surface area contributed by atoms with Crippen LogP contribution < -0.4 is 4.52 Å². The lowest BCUT2D eigenvalue weighted by atomic mass is 9.86. The van der Waals surface area contributed by atoms with Crippen LogP contribution in [0.3, 0.4) is 0 Å². The van der Waals surface area contributed by atoms with Gasteiger partial charge in [0.2, 0.25) is 0 Å². The van der Waals surface area contributed by atoms with Gasteiger partial charge in [0.15, 0.2) is 5.78 Å². The van der Waals surface area contributed by atoms with Crippen LogP contribution in [-0.4, -0.2) is 5.78 Å². The van der Waals surface area contributed by atoms with Crippen molar-refractivity contribution in [1.82, 2.24) is 0 Å². The Hall–Kier alpha value is -1.21. The van der Waals surface area contributed by atoms with Gasteiger partial charge in [0.05, 0.1) is 5.56 Å². The van der Waals surface area contributed by atoms with E-state index in [1.807, 2.05) is 20.8 Å². The molecule has 1 aromatic rings. The topological polar surface area (TPSA) is 43.4 Å². The predicted molar refractivity (Wildman–Crippen MR) is 58.5 cm³/mol. The van der Waals surface area contributed by atoms with Gasteiger partial charge in [-0.05, 0) is 12.1 Å². The highest BCUT2D eigenvalue weighted by molar-refractivity contribution is 7.17. The van der Waals surface area contributed by atoms with Gasteiger partial charge in [-0.15, -0.1) is 0 Å². The van der Waals surface area contributed by atoms with Gasteiger partial charge in [-0.25, -0.2) is 4.57 Å². The Morgan fingerprint density at radius 2 is 1.87 bits per heavy atom. The first-order valence-electron chi connectivity index (χ1n) is 4.60. The first kappa shape index (κ1) is 11.9. The summed E-state index contributed by atoms with van der Waals surface area (Å²) in [6, 6.07) is 6.80. The third-order valence-corrected chi connectivity index (χ3v) is 2.22. The maximum absolute atomic E-state index is 12.0. The summed E-state index contributed by atoms with van der Waals surface area (Å²) in [5, 5.41) is 0. The van der Waals surface area contributed by atoms with Crippen molar-refractivity contribution >= 4 is 14.5 Å². The summed E-state index contributed by atoms with van der Waals surface area (Å²) in [4.78, 5) is 12.0. The van der Waals surface area contributed by atoms with Crippen LogP contribution in [0.25, 0.3) is 0 Å². The molecular weight excluding hydrogens is 211 g/mol. The second kappa shape index (κ2) is 4.54. The van der Waals surface area contributed by atoms with E-state index in [0.29, 0.717) is 11.3 Å². The first-order chi connectivity index (χ1) is 6.96. The maximum atomic E-state index is 12.0. The summed E-state index contributed by atoms with van der Waals surface area (Å²) in [7, 11) is -0.450. The lowest BCUT2D eigenvalue weighted by Crippen LogP contribution is -2.20. The van der Waals surface area contributed by atoms with E-state index in [2.05, 4.69) is 0 Å². The monoisotopic (exact) mass is 224 g/mol. The molecule has 0 unspecified atom stereocenters. The Morgan fingerprint density at radius 3 is 2.40 bits per heavy atom. The Kier molecular flexibility index (Phi) is 3.59. The fourth-order valence-electron chi connectivity index (χ4n) is 1.18. The molecular formula is C11H13O3P. The van der Waals surface area contributed by atoms with E-state index in [9.17, 15) is 9.36 Å². The number of para-hydroxylation sites is 1. The Labute approximate surface area is 90.7 Å². The molecule has 0 spiro atoms. The number of benzene rings is 1. The number of hydrogen-bond donors (Lipinski definition) is 0. The van der Waals surface area contributed by atoms with Gasteiger partial charge in [0, 0.05) is 5.41 Å². The SMILES string of the molecule is CC(C)(C)C(=O)c1ccccc1OP=O. The highest BCUT2D eigenvalue weighted by Gasteiger charge is 2.25. The van der Waals surface area contributed by atoms with Crippen molar-refractivity contribution in [1.29, 1.82) is 0 Å². The van der Waals surface area contributed by atoms with Crippen molar-refractivity contribution in [2.75, 3.05) is 0 Å². The number of hydrogen-bond acceptors (Lipinski definition) is 3. The average molecular weight is 224 g/mol. The van der Waals surface area contributed by atoms with Crippen LogP contribution >= 0.6 is 8.69 Å². The molecule has 0 aliphatic rings. The van der Waals surface area contributed by atoms with Gasteiger partial charge in [-0.3, -0.25) is 4.79 Å². The third kappa shape index (κ3) is 2.87. The fraction of sp³-hybridized carbons (Fsp3) is 0.364. The zero-order valence-corrected chi connectivity index (χ0v) is 9.88. The molecule has 0 aliphatic carbocycles. The molecule has 0 bridgehead atoms. The minimum Gasteiger partial charge on any atom is -0.407 e. The van der Waals surface area contributed by atoms with Crippen LogP contribution in [0.15, 0.2) is 24.3 Å². The summed E-state index contributed by atoms with van der Waals surface area (Å²) in [6.45, 7) is 5.50. The van der Waals surface area contributed by atoms with Gasteiger partial charge >= 0.3 is 8.69 Å². The molecule has 15 heavy (non-hydrogen) atoms. The summed E-state index contributed by atoms with van der Waals surface area (Å²) in [5.74, 6) is 0.329. The van der Waals surface area contributed by atoms with Crippen LogP contribution in [-0.2, 0) is 4.57 Å². The molecule has 0 N–H and O–H groups in total. The highest BCUT2D eigenvalue weighted by Crippen LogP contribution is 2.28. The molecule has 0 radical (unpaired) electrons. The summed E-state index contributed by atoms with van der Waals surface area (Å²) >= 11 is 0. The van der Waals surface area contributed by atoms with E-state index >= 15 is 0 Å². The largest absolute Gasteiger partial charge is 0.407 e. The van der Waals surface area contributed by atoms with Gasteiger partial charge in [0.1, 0.15) is 5.75 Å². The molecule has 1 aromatic carbocycles. The lowest BCUT2D eigenvalue weighted by molar-refractivity contribution is 0.0856. The Balaban J connectivity index is 3.13. The second-order valence-corrected chi connectivity index (χ2v) is 4.57. The van der Waals surface area contributed by atoms with E-state index in [0.717, 1.165) is 0 Å². The van der Waals surface area contributed by atoms with Crippen LogP contribution in [0.2, 0.25) is 0 Å². The predicted octanol–water partition coefficient (Wildman–Crippen LogP) is 3.50. The average Bonchev–Trinajstić information content (AvgIpc) is 2.17. The number of ketones is 1. The van der Waals surface area contributed by atoms with Gasteiger partial charge in [-0.1, -0.05) is 32.9 Å². The van der Waals surface area contributed by atoms with Crippen LogP contribution in [0.4, 0.5) is 0 Å². The fourth-order valence-corrected chi connectivity index (χ4v) is 1.42. The van der Waals surface area contributed by atoms with E-state index in [-0.39, 0.29) is 5.78 Å². The Morgan fingerprint density at radius 1 is 1.27 bits per heavy atom. The van der Waals surface area contributed by atoms with Crippen molar-refractivity contribution in [2.24, 2.45) is 5.41 Å². The molecule has 0 atom stereocenters. The third-order valence-electron chi connectivity index (χ3n) is 1.95. The number of carbonyl (C=O) groups is 1. The quantitative estimate of drug-likeness (QED) is 0.583. The van der Waals surface area contributed by atoms with Gasteiger partial charge in [-0.2, -0.15) is 0 Å². The second-order valence-electron chi connectivity index (χ2n) is 4.24. The lowest BCUT2D eigenvalue weighted by Gasteiger charge is -2.17. The highest BCUT2D eigenvalue weighted by atomic mass is 31.1. The van der Waals surface area contributed by atoms with Gasteiger partial charge < -0.3 is 4.52 Å². The van der Waals surface area contributed by atoms with Crippen LogP contribution in [0.5, 0.6) is 5.75 Å². The molecule has 3 nitrogen and oxygen atoms in total.